The summed E-state index contributed by atoms with van der Waals surface area (Å²) in [5, 5.41) is 2.73. The van der Waals surface area contributed by atoms with Crippen LogP contribution in [-0.4, -0.2) is 87.2 Å². The molecule has 1 aromatic heterocycles. The molecule has 1 fully saturated rings. The molecule has 15 heteroatoms. The first-order valence-electron chi connectivity index (χ1n) is 19.8. The zero-order valence-corrected chi connectivity index (χ0v) is 36.7. The molecule has 2 aromatic carbocycles. The maximum absolute atomic E-state index is 13.3. The van der Waals surface area contributed by atoms with Gasteiger partial charge >= 0.3 is 0 Å². The largest absolute Gasteiger partial charge is 0.484 e. The van der Waals surface area contributed by atoms with Gasteiger partial charge in [-0.1, -0.05) is 86.5 Å². The van der Waals surface area contributed by atoms with Crippen LogP contribution in [0.1, 0.15) is 111 Å². The third-order valence-electron chi connectivity index (χ3n) is 9.02. The number of carbonyl (C=O) groups excluding carboxylic acids is 2. The fourth-order valence-corrected chi connectivity index (χ4v) is 10.4. The molecule has 1 N–H and O–H groups in total. The lowest BCUT2D eigenvalue weighted by Crippen LogP contribution is -2.39. The molecule has 1 saturated heterocycles. The van der Waals surface area contributed by atoms with Gasteiger partial charge in [0, 0.05) is 30.2 Å². The van der Waals surface area contributed by atoms with Gasteiger partial charge in [0.05, 0.1) is 25.5 Å². The van der Waals surface area contributed by atoms with Crippen molar-refractivity contribution in [2.24, 2.45) is 4.99 Å². The maximum Gasteiger partial charge on any atom is 0.263 e. The van der Waals surface area contributed by atoms with Crippen LogP contribution >= 0.6 is 30.1 Å². The number of carbonyl (C=O) groups is 2. The Hall–Kier alpha value is -2.81. The Balaban J connectivity index is 1.32. The second-order valence-electron chi connectivity index (χ2n) is 15.7. The van der Waals surface area contributed by atoms with E-state index in [0.29, 0.717) is 24.7 Å². The normalized spacial score (nSPS) is 20.8. The highest BCUT2D eigenvalue weighted by atomic mass is 33.1. The Bertz CT molecular complexity index is 1830. The van der Waals surface area contributed by atoms with E-state index < -0.39 is 39.0 Å². The zero-order valence-electron chi connectivity index (χ0n) is 35.2. The van der Waals surface area contributed by atoms with Crippen molar-refractivity contribution in [3.63, 3.8) is 0 Å². The van der Waals surface area contributed by atoms with Crippen molar-refractivity contribution in [2.75, 3.05) is 20.3 Å². The highest BCUT2D eigenvalue weighted by molar-refractivity contribution is 8.77. The SMILES string of the molecule is [2H]CC1OC(n2cnc3c2N=C(NC(=O)COc2ccc(C(C)C)cc2)CC3=O)C(OC)C1OP(OCCc1ccccc1SSC(C)(C)C)N(C(C)C)C(C)C. The van der Waals surface area contributed by atoms with Crippen molar-refractivity contribution in [3.05, 3.63) is 71.7 Å². The van der Waals surface area contributed by atoms with Gasteiger partial charge in [0.2, 0.25) is 0 Å². The first-order chi connectivity index (χ1) is 27.1. The third kappa shape index (κ3) is 11.4. The minimum atomic E-state index is -1.63. The van der Waals surface area contributed by atoms with E-state index in [1.165, 1.54) is 22.3 Å². The molecule has 0 radical (unpaired) electrons. The summed E-state index contributed by atoms with van der Waals surface area (Å²) in [5.41, 5.74) is 2.54. The van der Waals surface area contributed by atoms with Gasteiger partial charge in [0.1, 0.15) is 23.8 Å². The number of imidazole rings is 1. The van der Waals surface area contributed by atoms with Gasteiger partial charge in [-0.05, 0) is 76.3 Å². The minimum absolute atomic E-state index is 0.0983. The molecular weight excluding hydrogens is 770 g/mol. The number of hydrogen-bond donors (Lipinski definition) is 1. The summed E-state index contributed by atoms with van der Waals surface area (Å²) >= 11 is 0. The number of amides is 1. The molecule has 306 valence electrons. The van der Waals surface area contributed by atoms with Crippen LogP contribution in [0, 0.1) is 0 Å². The summed E-state index contributed by atoms with van der Waals surface area (Å²) < 4.78 is 44.2. The predicted molar refractivity (Wildman–Crippen MR) is 226 cm³/mol. The van der Waals surface area contributed by atoms with Crippen molar-refractivity contribution in [1.29, 1.82) is 0 Å². The number of amidine groups is 1. The van der Waals surface area contributed by atoms with E-state index in [-0.39, 0.29) is 59.9 Å². The Morgan fingerprint density at radius 1 is 1.09 bits per heavy atom. The van der Waals surface area contributed by atoms with Crippen LogP contribution in [0.25, 0.3) is 0 Å². The van der Waals surface area contributed by atoms with Gasteiger partial charge < -0.3 is 28.6 Å². The second-order valence-corrected chi connectivity index (χ2v) is 20.1. The molecule has 2 aliphatic rings. The summed E-state index contributed by atoms with van der Waals surface area (Å²) in [6.07, 6.45) is -0.857. The third-order valence-corrected chi connectivity index (χ3v) is 14.6. The number of nitrogens with zero attached hydrogens (tertiary/aromatic N) is 4. The molecule has 0 spiro atoms. The Morgan fingerprint density at radius 3 is 2.45 bits per heavy atom. The lowest BCUT2D eigenvalue weighted by atomic mass is 10.0. The van der Waals surface area contributed by atoms with Crippen molar-refractivity contribution >= 4 is 53.5 Å². The smallest absolute Gasteiger partial charge is 0.263 e. The number of benzene rings is 2. The van der Waals surface area contributed by atoms with Crippen LogP contribution < -0.4 is 10.1 Å². The molecule has 0 aliphatic carbocycles. The maximum atomic E-state index is 13.3. The molecule has 56 heavy (non-hydrogen) atoms. The van der Waals surface area contributed by atoms with E-state index in [0.717, 1.165) is 0 Å². The molecule has 0 bridgehead atoms. The number of nitrogens with one attached hydrogen (secondary N) is 1. The Labute approximate surface area is 343 Å². The van der Waals surface area contributed by atoms with Crippen LogP contribution in [0.15, 0.2) is 64.7 Å². The molecule has 0 saturated carbocycles. The first-order valence-corrected chi connectivity index (χ1v) is 22.4. The summed E-state index contributed by atoms with van der Waals surface area (Å²) in [7, 11) is 3.55. The van der Waals surface area contributed by atoms with Crippen LogP contribution in [0.4, 0.5) is 5.82 Å². The number of Topliss-reactive ketones (excluding diaryl/α,β-unsaturated/α-hetero) is 1. The summed E-state index contributed by atoms with van der Waals surface area (Å²) in [5.74, 6) is 0.607. The Morgan fingerprint density at radius 2 is 1.80 bits per heavy atom. The molecule has 2 aliphatic heterocycles. The molecule has 1 amide bonds. The number of ether oxygens (including phenoxy) is 3. The van der Waals surface area contributed by atoms with Gasteiger partial charge in [-0.15, -0.1) is 0 Å². The number of ketones is 1. The topological polar surface area (TPSA) is 126 Å². The minimum Gasteiger partial charge on any atom is -0.484 e. The second kappa shape index (κ2) is 19.8. The number of hydrogen-bond acceptors (Lipinski definition) is 12. The summed E-state index contributed by atoms with van der Waals surface area (Å²) in [6.45, 7) is 19.4. The molecular formula is C41H58N5O7PS2. The number of aliphatic imine (C=N–C) groups is 1. The van der Waals surface area contributed by atoms with E-state index in [1.807, 2.05) is 35.1 Å². The van der Waals surface area contributed by atoms with Crippen LogP contribution in [0.2, 0.25) is 0 Å². The average molecular weight is 829 g/mol. The molecule has 5 rings (SSSR count). The van der Waals surface area contributed by atoms with Gasteiger partial charge in [0.25, 0.3) is 14.4 Å². The van der Waals surface area contributed by atoms with E-state index >= 15 is 0 Å². The van der Waals surface area contributed by atoms with E-state index in [2.05, 4.69) is 107 Å². The monoisotopic (exact) mass is 828 g/mol. The Kier molecular flexibility index (Phi) is 15.1. The summed E-state index contributed by atoms with van der Waals surface area (Å²) in [4.78, 5) is 36.5. The van der Waals surface area contributed by atoms with Gasteiger partial charge in [0.15, 0.2) is 30.1 Å². The number of aromatic nitrogens is 2. The average Bonchev–Trinajstić information content (AvgIpc) is 3.74. The van der Waals surface area contributed by atoms with Crippen molar-refractivity contribution < 1.29 is 34.2 Å². The molecule has 3 heterocycles. The fraction of sp³-hybridized carbons (Fsp3) is 0.561. The van der Waals surface area contributed by atoms with Gasteiger partial charge in [-0.2, -0.15) is 0 Å². The highest BCUT2D eigenvalue weighted by Crippen LogP contribution is 2.51. The van der Waals surface area contributed by atoms with E-state index in [4.69, 9.17) is 24.6 Å². The highest BCUT2D eigenvalue weighted by Gasteiger charge is 2.48. The fourth-order valence-electron chi connectivity index (χ4n) is 6.35. The van der Waals surface area contributed by atoms with Gasteiger partial charge in [-0.3, -0.25) is 14.2 Å². The molecule has 12 nitrogen and oxygen atoms in total. The standard InChI is InChI=1S/C41H58N5O7PS2/c1-25(2)29-16-18-31(19-17-29)50-23-35(48)43-34-22-32(47)36-39(44-34)45(24-42-36)40-38(49-11)37(28(7)52-40)53-54(46(26(3)4)27(5)6)51-21-20-30-14-12-13-15-33(30)55-56-41(8,9)10/h12-19,24-28,37-38,40H,20-23H2,1-11H3,(H,43,44,48)/i7D. The van der Waals surface area contributed by atoms with Crippen molar-refractivity contribution in [3.8, 4) is 5.75 Å². The van der Waals surface area contributed by atoms with Crippen molar-refractivity contribution in [1.82, 2.24) is 19.5 Å². The predicted octanol–water partition coefficient (Wildman–Crippen LogP) is 9.28. The van der Waals surface area contributed by atoms with Crippen LogP contribution in [0.5, 0.6) is 5.75 Å². The van der Waals surface area contributed by atoms with Crippen LogP contribution in [0.3, 0.4) is 0 Å². The summed E-state index contributed by atoms with van der Waals surface area (Å²) in [6, 6.07) is 16.2. The van der Waals surface area contributed by atoms with E-state index in [9.17, 15) is 9.59 Å². The number of fused-ring (bicyclic) bond motifs is 1. The number of methoxy groups -OCH3 is 1. The molecule has 5 unspecified atom stereocenters. The van der Waals surface area contributed by atoms with Crippen molar-refractivity contribution in [2.45, 2.75) is 134 Å². The first kappa shape index (κ1) is 42.8. The molecule has 5 atom stereocenters. The van der Waals surface area contributed by atoms with Gasteiger partial charge in [-0.25, -0.2) is 14.6 Å². The van der Waals surface area contributed by atoms with E-state index in [1.54, 1.807) is 22.5 Å². The quantitative estimate of drug-likeness (QED) is 0.103. The lowest BCUT2D eigenvalue weighted by Gasteiger charge is -2.38. The molecule has 3 aromatic rings. The number of rotatable bonds is 17. The zero-order chi connectivity index (χ0) is 41.4. The lowest BCUT2D eigenvalue weighted by molar-refractivity contribution is -0.121. The van der Waals surface area contributed by atoms with Crippen LogP contribution in [-0.2, 0) is 29.7 Å².